The van der Waals surface area contributed by atoms with Crippen LogP contribution in [-0.2, 0) is 0 Å². The van der Waals surface area contributed by atoms with Crippen LogP contribution >= 0.6 is 0 Å². The zero-order valence-electron chi connectivity index (χ0n) is 10.3. The molecule has 1 aromatic heterocycles. The number of nitrogens with one attached hydrogen (secondary N) is 1. The van der Waals surface area contributed by atoms with Crippen LogP contribution in [0.25, 0.3) is 10.9 Å². The summed E-state index contributed by atoms with van der Waals surface area (Å²) in [5, 5.41) is 26.1. The summed E-state index contributed by atoms with van der Waals surface area (Å²) in [6, 6.07) is 3.63. The molecule has 1 saturated carbocycles. The van der Waals surface area contributed by atoms with Crippen LogP contribution in [0.5, 0.6) is 0 Å². The first-order chi connectivity index (χ1) is 9.22. The van der Waals surface area contributed by atoms with Gasteiger partial charge in [-0.15, -0.1) is 0 Å². The van der Waals surface area contributed by atoms with Gasteiger partial charge in [-0.3, -0.25) is 5.10 Å². The van der Waals surface area contributed by atoms with Gasteiger partial charge in [0.25, 0.3) is 0 Å². The molecular formula is C14H13N3O2. The number of carboxylic acids is 1. The minimum Gasteiger partial charge on any atom is -0.478 e. The van der Waals surface area contributed by atoms with Gasteiger partial charge in [0.15, 0.2) is 0 Å². The van der Waals surface area contributed by atoms with Crippen molar-refractivity contribution in [1.82, 2.24) is 10.2 Å². The SMILES string of the molecule is N#Cc1c(C(=O)O)cc(C2CCCC2)c2cn[nH]c12. The van der Waals surface area contributed by atoms with E-state index in [0.29, 0.717) is 11.4 Å². The molecule has 0 saturated heterocycles. The summed E-state index contributed by atoms with van der Waals surface area (Å²) >= 11 is 0. The lowest BCUT2D eigenvalue weighted by Crippen LogP contribution is -2.04. The fourth-order valence-electron chi connectivity index (χ4n) is 3.00. The van der Waals surface area contributed by atoms with Gasteiger partial charge in [0.1, 0.15) is 6.07 Å². The third kappa shape index (κ3) is 1.76. The van der Waals surface area contributed by atoms with Crippen molar-refractivity contribution in [3.8, 4) is 6.07 Å². The molecule has 0 amide bonds. The van der Waals surface area contributed by atoms with E-state index in [4.69, 9.17) is 0 Å². The molecular weight excluding hydrogens is 242 g/mol. The number of carboxylic acid groups (broad SMARTS) is 1. The van der Waals surface area contributed by atoms with Gasteiger partial charge in [-0.2, -0.15) is 10.4 Å². The maximum atomic E-state index is 11.3. The van der Waals surface area contributed by atoms with Crippen molar-refractivity contribution in [2.75, 3.05) is 0 Å². The van der Waals surface area contributed by atoms with E-state index in [0.717, 1.165) is 23.8 Å². The predicted molar refractivity (Wildman–Crippen MR) is 69.0 cm³/mol. The van der Waals surface area contributed by atoms with Crippen molar-refractivity contribution in [2.45, 2.75) is 31.6 Å². The Kier molecular flexibility index (Phi) is 2.71. The molecule has 2 aromatic rings. The van der Waals surface area contributed by atoms with Crippen LogP contribution in [0, 0.1) is 11.3 Å². The molecule has 19 heavy (non-hydrogen) atoms. The number of H-pyrrole nitrogens is 1. The normalized spacial score (nSPS) is 15.7. The molecule has 0 radical (unpaired) electrons. The molecule has 5 nitrogen and oxygen atoms in total. The molecule has 1 aliphatic carbocycles. The Morgan fingerprint density at radius 1 is 1.47 bits per heavy atom. The second-order valence-corrected chi connectivity index (χ2v) is 4.95. The first kappa shape index (κ1) is 11.7. The van der Waals surface area contributed by atoms with Gasteiger partial charge in [-0.05, 0) is 30.4 Å². The van der Waals surface area contributed by atoms with Crippen LogP contribution in [0.15, 0.2) is 12.3 Å². The number of hydrogen-bond acceptors (Lipinski definition) is 3. The second kappa shape index (κ2) is 4.39. The maximum absolute atomic E-state index is 11.3. The van der Waals surface area contributed by atoms with Crippen LogP contribution in [0.2, 0.25) is 0 Å². The van der Waals surface area contributed by atoms with Crippen molar-refractivity contribution >= 4 is 16.9 Å². The van der Waals surface area contributed by atoms with Gasteiger partial charge in [0.2, 0.25) is 0 Å². The Labute approximate surface area is 109 Å². The third-order valence-electron chi connectivity index (χ3n) is 3.91. The van der Waals surface area contributed by atoms with E-state index in [9.17, 15) is 15.2 Å². The van der Waals surface area contributed by atoms with Crippen LogP contribution < -0.4 is 0 Å². The fraction of sp³-hybridized carbons (Fsp3) is 0.357. The molecule has 96 valence electrons. The molecule has 2 N–H and O–H groups in total. The first-order valence-electron chi connectivity index (χ1n) is 6.35. The van der Waals surface area contributed by atoms with Gasteiger partial charge < -0.3 is 5.11 Å². The molecule has 1 heterocycles. The molecule has 0 unspecified atom stereocenters. The average molecular weight is 255 g/mol. The van der Waals surface area contributed by atoms with Gasteiger partial charge in [0.05, 0.1) is 22.8 Å². The minimum atomic E-state index is -1.06. The number of carbonyl (C=O) groups is 1. The standard InChI is InChI=1S/C14H13N3O2/c15-6-11-10(14(18)19)5-9(8-3-1-2-4-8)12-7-16-17-13(11)12/h5,7-8H,1-4H2,(H,16,17)(H,18,19). The summed E-state index contributed by atoms with van der Waals surface area (Å²) in [5.74, 6) is -0.682. The largest absolute Gasteiger partial charge is 0.478 e. The Morgan fingerprint density at radius 2 is 2.21 bits per heavy atom. The zero-order chi connectivity index (χ0) is 13.4. The molecule has 0 atom stereocenters. The van der Waals surface area contributed by atoms with E-state index in [-0.39, 0.29) is 11.1 Å². The summed E-state index contributed by atoms with van der Waals surface area (Å²) in [4.78, 5) is 11.3. The summed E-state index contributed by atoms with van der Waals surface area (Å²) in [6.07, 6.45) is 6.19. The first-order valence-corrected chi connectivity index (χ1v) is 6.35. The van der Waals surface area contributed by atoms with Crippen molar-refractivity contribution in [2.24, 2.45) is 0 Å². The van der Waals surface area contributed by atoms with Crippen molar-refractivity contribution in [3.05, 3.63) is 29.0 Å². The zero-order valence-corrected chi connectivity index (χ0v) is 10.3. The molecule has 1 aliphatic rings. The highest BCUT2D eigenvalue weighted by molar-refractivity contribution is 5.99. The lowest BCUT2D eigenvalue weighted by molar-refractivity contribution is 0.0696. The number of aromatic amines is 1. The maximum Gasteiger partial charge on any atom is 0.337 e. The summed E-state index contributed by atoms with van der Waals surface area (Å²) in [7, 11) is 0. The van der Waals surface area contributed by atoms with Gasteiger partial charge in [-0.25, -0.2) is 4.79 Å². The fourth-order valence-corrected chi connectivity index (χ4v) is 3.00. The highest BCUT2D eigenvalue weighted by atomic mass is 16.4. The van der Waals surface area contributed by atoms with Crippen molar-refractivity contribution in [1.29, 1.82) is 5.26 Å². The van der Waals surface area contributed by atoms with E-state index in [2.05, 4.69) is 10.2 Å². The Balaban J connectivity index is 2.30. The molecule has 1 aromatic carbocycles. The molecule has 3 rings (SSSR count). The molecule has 5 heteroatoms. The molecule has 0 aliphatic heterocycles. The van der Waals surface area contributed by atoms with E-state index < -0.39 is 5.97 Å². The van der Waals surface area contributed by atoms with Crippen molar-refractivity contribution < 1.29 is 9.90 Å². The quantitative estimate of drug-likeness (QED) is 0.863. The number of aromatic carboxylic acids is 1. The number of aromatic nitrogens is 2. The molecule has 0 bridgehead atoms. The lowest BCUT2D eigenvalue weighted by Gasteiger charge is -2.13. The monoisotopic (exact) mass is 255 g/mol. The molecule has 0 spiro atoms. The minimum absolute atomic E-state index is 0.0705. The Hall–Kier alpha value is -2.35. The summed E-state index contributed by atoms with van der Waals surface area (Å²) in [6.45, 7) is 0. The van der Waals surface area contributed by atoms with Gasteiger partial charge in [0, 0.05) is 5.39 Å². The van der Waals surface area contributed by atoms with E-state index in [1.54, 1.807) is 12.3 Å². The average Bonchev–Trinajstić information content (AvgIpc) is 3.07. The van der Waals surface area contributed by atoms with E-state index in [1.165, 1.54) is 12.8 Å². The number of hydrogen-bond donors (Lipinski definition) is 2. The highest BCUT2D eigenvalue weighted by Crippen LogP contribution is 2.38. The number of fused-ring (bicyclic) bond motifs is 1. The third-order valence-corrected chi connectivity index (χ3v) is 3.91. The Morgan fingerprint density at radius 3 is 2.84 bits per heavy atom. The highest BCUT2D eigenvalue weighted by Gasteiger charge is 2.24. The number of nitrogens with zero attached hydrogens (tertiary/aromatic N) is 2. The number of nitriles is 1. The summed E-state index contributed by atoms with van der Waals surface area (Å²) in [5.41, 5.74) is 1.80. The molecule has 1 fully saturated rings. The number of rotatable bonds is 2. The summed E-state index contributed by atoms with van der Waals surface area (Å²) < 4.78 is 0. The van der Waals surface area contributed by atoms with Crippen LogP contribution in [0.3, 0.4) is 0 Å². The Bertz CT molecular complexity index is 691. The lowest BCUT2D eigenvalue weighted by atomic mass is 9.90. The van der Waals surface area contributed by atoms with Gasteiger partial charge in [-0.1, -0.05) is 12.8 Å². The van der Waals surface area contributed by atoms with Gasteiger partial charge >= 0.3 is 5.97 Å². The predicted octanol–water partition coefficient (Wildman–Crippen LogP) is 2.79. The second-order valence-electron chi connectivity index (χ2n) is 4.95. The van der Waals surface area contributed by atoms with Crippen LogP contribution in [0.4, 0.5) is 0 Å². The van der Waals surface area contributed by atoms with Crippen LogP contribution in [-0.4, -0.2) is 21.3 Å². The van der Waals surface area contributed by atoms with E-state index in [1.807, 2.05) is 6.07 Å². The van der Waals surface area contributed by atoms with E-state index >= 15 is 0 Å². The van der Waals surface area contributed by atoms with Crippen LogP contribution in [0.1, 0.15) is 53.1 Å². The number of benzene rings is 1. The van der Waals surface area contributed by atoms with Crippen molar-refractivity contribution in [3.63, 3.8) is 0 Å². The smallest absolute Gasteiger partial charge is 0.337 e. The topological polar surface area (TPSA) is 89.8 Å².